The van der Waals surface area contributed by atoms with Gasteiger partial charge in [-0.1, -0.05) is 24.3 Å². The SMILES string of the molecule is Cc1cc(CO)ccc1N(C)c1ccccc1F. The third-order valence-electron chi connectivity index (χ3n) is 3.02. The molecule has 2 aromatic carbocycles. The van der Waals surface area contributed by atoms with Crippen molar-refractivity contribution in [1.29, 1.82) is 0 Å². The molecular weight excluding hydrogens is 229 g/mol. The van der Waals surface area contributed by atoms with Crippen LogP contribution in [0.5, 0.6) is 0 Å². The first-order chi connectivity index (χ1) is 8.63. The van der Waals surface area contributed by atoms with Gasteiger partial charge in [-0.25, -0.2) is 4.39 Å². The quantitative estimate of drug-likeness (QED) is 0.896. The Kier molecular flexibility index (Phi) is 3.63. The number of hydrogen-bond acceptors (Lipinski definition) is 2. The molecule has 18 heavy (non-hydrogen) atoms. The van der Waals surface area contributed by atoms with Crippen molar-refractivity contribution in [2.24, 2.45) is 0 Å². The second-order valence-electron chi connectivity index (χ2n) is 4.29. The number of nitrogens with zero attached hydrogens (tertiary/aromatic N) is 1. The first-order valence-electron chi connectivity index (χ1n) is 5.82. The van der Waals surface area contributed by atoms with E-state index in [0.717, 1.165) is 16.8 Å². The van der Waals surface area contributed by atoms with Gasteiger partial charge in [-0.2, -0.15) is 0 Å². The monoisotopic (exact) mass is 245 g/mol. The zero-order chi connectivity index (χ0) is 13.1. The molecule has 0 saturated heterocycles. The molecule has 2 aromatic rings. The Morgan fingerprint density at radius 3 is 2.44 bits per heavy atom. The van der Waals surface area contributed by atoms with Crippen molar-refractivity contribution in [3.63, 3.8) is 0 Å². The van der Waals surface area contributed by atoms with E-state index in [9.17, 15) is 4.39 Å². The summed E-state index contributed by atoms with van der Waals surface area (Å²) in [5.74, 6) is -0.245. The Morgan fingerprint density at radius 2 is 1.83 bits per heavy atom. The van der Waals surface area contributed by atoms with E-state index in [1.54, 1.807) is 12.1 Å². The van der Waals surface area contributed by atoms with Crippen molar-refractivity contribution in [1.82, 2.24) is 0 Å². The second kappa shape index (κ2) is 5.19. The number of aliphatic hydroxyl groups excluding tert-OH is 1. The number of hydrogen-bond donors (Lipinski definition) is 1. The van der Waals surface area contributed by atoms with Crippen LogP contribution in [0.1, 0.15) is 11.1 Å². The summed E-state index contributed by atoms with van der Waals surface area (Å²) in [7, 11) is 1.83. The van der Waals surface area contributed by atoms with Gasteiger partial charge in [0.25, 0.3) is 0 Å². The lowest BCUT2D eigenvalue weighted by Crippen LogP contribution is -2.12. The fourth-order valence-corrected chi connectivity index (χ4v) is 2.05. The van der Waals surface area contributed by atoms with E-state index < -0.39 is 0 Å². The predicted molar refractivity (Wildman–Crippen MR) is 71.6 cm³/mol. The van der Waals surface area contributed by atoms with Crippen LogP contribution in [0.2, 0.25) is 0 Å². The van der Waals surface area contributed by atoms with Crippen LogP contribution in [0, 0.1) is 12.7 Å². The van der Waals surface area contributed by atoms with E-state index in [0.29, 0.717) is 5.69 Å². The second-order valence-corrected chi connectivity index (χ2v) is 4.29. The van der Waals surface area contributed by atoms with Crippen molar-refractivity contribution in [3.05, 3.63) is 59.4 Å². The number of benzene rings is 2. The van der Waals surface area contributed by atoms with Gasteiger partial charge in [-0.05, 0) is 36.2 Å². The molecule has 0 unspecified atom stereocenters. The van der Waals surface area contributed by atoms with Crippen molar-refractivity contribution in [2.45, 2.75) is 13.5 Å². The maximum absolute atomic E-state index is 13.7. The third kappa shape index (κ3) is 2.36. The molecule has 0 aromatic heterocycles. The first-order valence-corrected chi connectivity index (χ1v) is 5.82. The summed E-state index contributed by atoms with van der Waals surface area (Å²) in [5, 5.41) is 9.08. The smallest absolute Gasteiger partial charge is 0.146 e. The number of anilines is 2. The van der Waals surface area contributed by atoms with Crippen molar-refractivity contribution >= 4 is 11.4 Å². The van der Waals surface area contributed by atoms with Crippen molar-refractivity contribution in [3.8, 4) is 0 Å². The maximum atomic E-state index is 13.7. The van der Waals surface area contributed by atoms with E-state index in [4.69, 9.17) is 5.11 Å². The molecular formula is C15H16FNO. The average molecular weight is 245 g/mol. The molecule has 0 radical (unpaired) electrons. The molecule has 0 bridgehead atoms. The zero-order valence-corrected chi connectivity index (χ0v) is 10.5. The Balaban J connectivity index is 2.40. The number of halogens is 1. The highest BCUT2D eigenvalue weighted by Crippen LogP contribution is 2.29. The van der Waals surface area contributed by atoms with Crippen LogP contribution in [-0.4, -0.2) is 12.2 Å². The summed E-state index contributed by atoms with van der Waals surface area (Å²) in [4.78, 5) is 1.81. The van der Waals surface area contributed by atoms with Crippen molar-refractivity contribution < 1.29 is 9.50 Å². The van der Waals surface area contributed by atoms with Gasteiger partial charge in [0.05, 0.1) is 12.3 Å². The van der Waals surface area contributed by atoms with Gasteiger partial charge >= 0.3 is 0 Å². The van der Waals surface area contributed by atoms with E-state index in [2.05, 4.69) is 0 Å². The van der Waals surface area contributed by atoms with E-state index >= 15 is 0 Å². The average Bonchev–Trinajstić information content (AvgIpc) is 2.38. The Hall–Kier alpha value is -1.87. The highest BCUT2D eigenvalue weighted by Gasteiger charge is 2.10. The molecule has 0 atom stereocenters. The molecule has 0 saturated carbocycles. The molecule has 0 heterocycles. The lowest BCUT2D eigenvalue weighted by atomic mass is 10.1. The van der Waals surface area contributed by atoms with E-state index in [1.165, 1.54) is 6.07 Å². The van der Waals surface area contributed by atoms with Gasteiger partial charge < -0.3 is 10.0 Å². The molecule has 0 amide bonds. The first kappa shape index (κ1) is 12.6. The van der Waals surface area contributed by atoms with Crippen LogP contribution in [-0.2, 0) is 6.61 Å². The van der Waals surface area contributed by atoms with Crippen molar-refractivity contribution in [2.75, 3.05) is 11.9 Å². The minimum absolute atomic E-state index is 0.0184. The number of rotatable bonds is 3. The summed E-state index contributed by atoms with van der Waals surface area (Å²) < 4.78 is 13.7. The minimum Gasteiger partial charge on any atom is -0.392 e. The molecule has 0 aliphatic heterocycles. The van der Waals surface area contributed by atoms with Gasteiger partial charge in [0.2, 0.25) is 0 Å². The van der Waals surface area contributed by atoms with Crippen LogP contribution >= 0.6 is 0 Å². The van der Waals surface area contributed by atoms with E-state index in [1.807, 2.05) is 43.1 Å². The molecule has 0 aliphatic carbocycles. The fraction of sp³-hybridized carbons (Fsp3) is 0.200. The summed E-state index contributed by atoms with van der Waals surface area (Å²) in [6, 6.07) is 12.3. The topological polar surface area (TPSA) is 23.5 Å². The van der Waals surface area contributed by atoms with E-state index in [-0.39, 0.29) is 12.4 Å². The molecule has 94 valence electrons. The van der Waals surface area contributed by atoms with Gasteiger partial charge in [0.1, 0.15) is 5.82 Å². The summed E-state index contributed by atoms with van der Waals surface area (Å²) in [5.41, 5.74) is 3.33. The highest BCUT2D eigenvalue weighted by molar-refractivity contribution is 5.66. The summed E-state index contributed by atoms with van der Waals surface area (Å²) >= 11 is 0. The molecule has 1 N–H and O–H groups in total. The molecule has 0 aliphatic rings. The van der Waals surface area contributed by atoms with Crippen LogP contribution in [0.15, 0.2) is 42.5 Å². The Labute approximate surface area is 106 Å². The lowest BCUT2D eigenvalue weighted by molar-refractivity contribution is 0.282. The number of aryl methyl sites for hydroxylation is 1. The predicted octanol–water partition coefficient (Wildman–Crippen LogP) is 3.39. The van der Waals surface area contributed by atoms with Crippen LogP contribution in [0.3, 0.4) is 0 Å². The summed E-state index contributed by atoms with van der Waals surface area (Å²) in [6.45, 7) is 1.97. The lowest BCUT2D eigenvalue weighted by Gasteiger charge is -2.22. The molecule has 3 heteroatoms. The van der Waals surface area contributed by atoms with Crippen LogP contribution in [0.25, 0.3) is 0 Å². The normalized spacial score (nSPS) is 10.4. The van der Waals surface area contributed by atoms with Gasteiger partial charge in [-0.15, -0.1) is 0 Å². The van der Waals surface area contributed by atoms with Gasteiger partial charge in [0, 0.05) is 12.7 Å². The molecule has 2 rings (SSSR count). The number of aliphatic hydroxyl groups is 1. The minimum atomic E-state index is -0.245. The van der Waals surface area contributed by atoms with Crippen LogP contribution in [0.4, 0.5) is 15.8 Å². The van der Waals surface area contributed by atoms with Gasteiger partial charge in [-0.3, -0.25) is 0 Å². The molecule has 0 fully saturated rings. The highest BCUT2D eigenvalue weighted by atomic mass is 19.1. The summed E-state index contributed by atoms with van der Waals surface area (Å²) in [6.07, 6.45) is 0. The zero-order valence-electron chi connectivity index (χ0n) is 10.5. The Morgan fingerprint density at radius 1 is 1.11 bits per heavy atom. The van der Waals surface area contributed by atoms with Gasteiger partial charge in [0.15, 0.2) is 0 Å². The maximum Gasteiger partial charge on any atom is 0.146 e. The third-order valence-corrected chi connectivity index (χ3v) is 3.02. The molecule has 0 spiro atoms. The van der Waals surface area contributed by atoms with Crippen LogP contribution < -0.4 is 4.90 Å². The Bertz CT molecular complexity index is 554. The fourth-order valence-electron chi connectivity index (χ4n) is 2.05. The standard InChI is InChI=1S/C15H16FNO/c1-11-9-12(10-18)7-8-14(11)17(2)15-6-4-3-5-13(15)16/h3-9,18H,10H2,1-2H3. The molecule has 2 nitrogen and oxygen atoms in total. The number of para-hydroxylation sites is 1. The largest absolute Gasteiger partial charge is 0.392 e.